The van der Waals surface area contributed by atoms with Crippen LogP contribution < -0.4 is 10.6 Å². The van der Waals surface area contributed by atoms with Gasteiger partial charge in [-0.05, 0) is 68.4 Å². The second-order valence-electron chi connectivity index (χ2n) is 5.42. The topological polar surface area (TPSA) is 24.1 Å². The summed E-state index contributed by atoms with van der Waals surface area (Å²) in [6.07, 6.45) is 5.09. The fraction of sp³-hybridized carbons (Fsp3) is 0.533. The van der Waals surface area contributed by atoms with Gasteiger partial charge < -0.3 is 10.6 Å². The SMILES string of the molecule is Cc1cccc(NC(=S)NC2CCC(C)CC2)c1. The Kier molecular flexibility index (Phi) is 4.59. The molecule has 0 heterocycles. The first-order valence-corrected chi connectivity index (χ1v) is 7.18. The molecule has 1 saturated carbocycles. The Hall–Kier alpha value is -1.09. The molecule has 0 aromatic heterocycles. The molecule has 0 spiro atoms. The zero-order valence-electron chi connectivity index (χ0n) is 11.2. The van der Waals surface area contributed by atoms with Crippen LogP contribution >= 0.6 is 12.2 Å². The Morgan fingerprint density at radius 1 is 1.22 bits per heavy atom. The fourth-order valence-electron chi connectivity index (χ4n) is 2.48. The van der Waals surface area contributed by atoms with Gasteiger partial charge in [-0.2, -0.15) is 0 Å². The Labute approximate surface area is 115 Å². The molecular weight excluding hydrogens is 240 g/mol. The van der Waals surface area contributed by atoms with Crippen molar-refractivity contribution in [2.24, 2.45) is 5.92 Å². The molecule has 0 radical (unpaired) electrons. The van der Waals surface area contributed by atoms with Crippen LogP contribution in [0.1, 0.15) is 38.2 Å². The van der Waals surface area contributed by atoms with Gasteiger partial charge in [-0.1, -0.05) is 19.1 Å². The zero-order valence-corrected chi connectivity index (χ0v) is 12.0. The van der Waals surface area contributed by atoms with E-state index in [0.29, 0.717) is 6.04 Å². The van der Waals surface area contributed by atoms with E-state index in [-0.39, 0.29) is 0 Å². The van der Waals surface area contributed by atoms with Gasteiger partial charge >= 0.3 is 0 Å². The number of nitrogens with one attached hydrogen (secondary N) is 2. The molecule has 0 saturated heterocycles. The van der Waals surface area contributed by atoms with E-state index in [2.05, 4.69) is 36.6 Å². The molecular formula is C15H22N2S. The molecule has 0 aliphatic heterocycles. The maximum Gasteiger partial charge on any atom is 0.170 e. The number of thiocarbonyl (C=S) groups is 1. The number of hydrogen-bond acceptors (Lipinski definition) is 1. The highest BCUT2D eigenvalue weighted by Crippen LogP contribution is 2.23. The maximum atomic E-state index is 5.37. The zero-order chi connectivity index (χ0) is 13.0. The lowest BCUT2D eigenvalue weighted by Crippen LogP contribution is -2.39. The largest absolute Gasteiger partial charge is 0.360 e. The van der Waals surface area contributed by atoms with E-state index in [0.717, 1.165) is 16.7 Å². The summed E-state index contributed by atoms with van der Waals surface area (Å²) < 4.78 is 0. The highest BCUT2D eigenvalue weighted by atomic mass is 32.1. The third-order valence-corrected chi connectivity index (χ3v) is 3.85. The van der Waals surface area contributed by atoms with Gasteiger partial charge in [-0.25, -0.2) is 0 Å². The highest BCUT2D eigenvalue weighted by molar-refractivity contribution is 7.80. The lowest BCUT2D eigenvalue weighted by Gasteiger charge is -2.28. The van der Waals surface area contributed by atoms with E-state index >= 15 is 0 Å². The molecule has 98 valence electrons. The van der Waals surface area contributed by atoms with Gasteiger partial charge in [0.15, 0.2) is 5.11 Å². The highest BCUT2D eigenvalue weighted by Gasteiger charge is 2.18. The Bertz CT molecular complexity index is 409. The van der Waals surface area contributed by atoms with E-state index in [1.807, 2.05) is 12.1 Å². The summed E-state index contributed by atoms with van der Waals surface area (Å²) in [6, 6.07) is 8.83. The van der Waals surface area contributed by atoms with Gasteiger partial charge in [0.1, 0.15) is 0 Å². The summed E-state index contributed by atoms with van der Waals surface area (Å²) in [5.74, 6) is 0.876. The van der Waals surface area contributed by atoms with E-state index < -0.39 is 0 Å². The summed E-state index contributed by atoms with van der Waals surface area (Å²) in [5, 5.41) is 7.44. The fourth-order valence-corrected chi connectivity index (χ4v) is 2.76. The second-order valence-corrected chi connectivity index (χ2v) is 5.83. The van der Waals surface area contributed by atoms with Crippen LogP contribution in [-0.4, -0.2) is 11.2 Å². The molecule has 1 aliphatic carbocycles. The van der Waals surface area contributed by atoms with Crippen molar-refractivity contribution >= 4 is 23.0 Å². The predicted molar refractivity (Wildman–Crippen MR) is 82.0 cm³/mol. The molecule has 1 fully saturated rings. The van der Waals surface area contributed by atoms with E-state index in [1.54, 1.807) is 0 Å². The van der Waals surface area contributed by atoms with Crippen LogP contribution in [0.15, 0.2) is 24.3 Å². The molecule has 0 bridgehead atoms. The Balaban J connectivity index is 1.82. The van der Waals surface area contributed by atoms with Gasteiger partial charge in [0.05, 0.1) is 0 Å². The molecule has 0 unspecified atom stereocenters. The quantitative estimate of drug-likeness (QED) is 0.791. The third kappa shape index (κ3) is 3.98. The minimum Gasteiger partial charge on any atom is -0.360 e. The molecule has 1 aromatic carbocycles. The van der Waals surface area contributed by atoms with Gasteiger partial charge in [0, 0.05) is 11.7 Å². The minimum absolute atomic E-state index is 0.547. The van der Waals surface area contributed by atoms with Crippen LogP contribution in [0.2, 0.25) is 0 Å². The smallest absolute Gasteiger partial charge is 0.170 e. The molecule has 3 heteroatoms. The standard InChI is InChI=1S/C15H22N2S/c1-11-6-8-13(9-7-11)16-15(18)17-14-5-3-4-12(2)10-14/h3-5,10-11,13H,6-9H2,1-2H3,(H2,16,17,18). The van der Waals surface area contributed by atoms with Crippen molar-refractivity contribution < 1.29 is 0 Å². The van der Waals surface area contributed by atoms with E-state index in [9.17, 15) is 0 Å². The van der Waals surface area contributed by atoms with E-state index in [1.165, 1.54) is 31.2 Å². The van der Waals surface area contributed by atoms with Crippen molar-refractivity contribution in [2.75, 3.05) is 5.32 Å². The summed E-state index contributed by atoms with van der Waals surface area (Å²) in [6.45, 7) is 4.42. The lowest BCUT2D eigenvalue weighted by atomic mass is 9.87. The molecule has 2 nitrogen and oxygen atoms in total. The van der Waals surface area contributed by atoms with Crippen LogP contribution in [0.4, 0.5) is 5.69 Å². The van der Waals surface area contributed by atoms with Crippen LogP contribution in [0, 0.1) is 12.8 Å². The number of hydrogen-bond donors (Lipinski definition) is 2. The maximum absolute atomic E-state index is 5.37. The van der Waals surface area contributed by atoms with Gasteiger partial charge in [0.2, 0.25) is 0 Å². The Morgan fingerprint density at radius 3 is 2.61 bits per heavy atom. The molecule has 1 aromatic rings. The summed E-state index contributed by atoms with van der Waals surface area (Å²) in [5.41, 5.74) is 2.31. The molecule has 0 amide bonds. The number of benzene rings is 1. The lowest BCUT2D eigenvalue weighted by molar-refractivity contribution is 0.332. The number of anilines is 1. The molecule has 2 rings (SSSR count). The molecule has 18 heavy (non-hydrogen) atoms. The summed E-state index contributed by atoms with van der Waals surface area (Å²) in [7, 11) is 0. The van der Waals surface area contributed by atoms with Crippen molar-refractivity contribution in [2.45, 2.75) is 45.6 Å². The summed E-state index contributed by atoms with van der Waals surface area (Å²) in [4.78, 5) is 0. The Morgan fingerprint density at radius 2 is 1.94 bits per heavy atom. The van der Waals surface area contributed by atoms with Crippen molar-refractivity contribution in [3.05, 3.63) is 29.8 Å². The van der Waals surface area contributed by atoms with Crippen molar-refractivity contribution in [1.82, 2.24) is 5.32 Å². The predicted octanol–water partition coefficient (Wildman–Crippen LogP) is 3.86. The van der Waals surface area contributed by atoms with Gasteiger partial charge in [-0.15, -0.1) is 0 Å². The first kappa shape index (κ1) is 13.3. The summed E-state index contributed by atoms with van der Waals surface area (Å²) >= 11 is 5.37. The van der Waals surface area contributed by atoms with Crippen LogP contribution in [-0.2, 0) is 0 Å². The van der Waals surface area contributed by atoms with Gasteiger partial charge in [0.25, 0.3) is 0 Å². The average molecular weight is 262 g/mol. The van der Waals surface area contributed by atoms with Crippen molar-refractivity contribution in [3.63, 3.8) is 0 Å². The van der Waals surface area contributed by atoms with Crippen LogP contribution in [0.3, 0.4) is 0 Å². The molecule has 2 N–H and O–H groups in total. The van der Waals surface area contributed by atoms with Crippen molar-refractivity contribution in [1.29, 1.82) is 0 Å². The van der Waals surface area contributed by atoms with Crippen LogP contribution in [0.5, 0.6) is 0 Å². The first-order chi connectivity index (χ1) is 8.63. The third-order valence-electron chi connectivity index (χ3n) is 3.63. The normalized spacial score (nSPS) is 23.4. The number of rotatable bonds is 2. The van der Waals surface area contributed by atoms with E-state index in [4.69, 9.17) is 12.2 Å². The molecule has 1 aliphatic rings. The van der Waals surface area contributed by atoms with Crippen LogP contribution in [0.25, 0.3) is 0 Å². The second kappa shape index (κ2) is 6.19. The minimum atomic E-state index is 0.547. The monoisotopic (exact) mass is 262 g/mol. The van der Waals surface area contributed by atoms with Crippen molar-refractivity contribution in [3.8, 4) is 0 Å². The average Bonchev–Trinajstić information content (AvgIpc) is 2.32. The molecule has 0 atom stereocenters. The number of aryl methyl sites for hydroxylation is 1. The first-order valence-electron chi connectivity index (χ1n) is 6.77. The van der Waals surface area contributed by atoms with Gasteiger partial charge in [-0.3, -0.25) is 0 Å².